The summed E-state index contributed by atoms with van der Waals surface area (Å²) in [5.41, 5.74) is 0.885. The van der Waals surface area contributed by atoms with E-state index >= 15 is 0 Å². The minimum atomic E-state index is 0.378. The molecule has 0 saturated heterocycles. The number of methoxy groups -OCH3 is 1. The van der Waals surface area contributed by atoms with Crippen molar-refractivity contribution >= 4 is 17.3 Å². The maximum absolute atomic E-state index is 5.10. The van der Waals surface area contributed by atoms with E-state index in [9.17, 15) is 0 Å². The smallest absolute Gasteiger partial charge is 0.158 e. The van der Waals surface area contributed by atoms with Gasteiger partial charge in [-0.2, -0.15) is 5.10 Å². The first-order valence-electron chi connectivity index (χ1n) is 6.57. The largest absolute Gasteiger partial charge is 0.377 e. The Morgan fingerprint density at radius 2 is 2.10 bits per heavy atom. The van der Waals surface area contributed by atoms with E-state index in [1.165, 1.54) is 0 Å². The van der Waals surface area contributed by atoms with Gasteiger partial charge >= 0.3 is 0 Å². The summed E-state index contributed by atoms with van der Waals surface area (Å²) < 4.78 is 6.83. The molecular weight excluding hydrogens is 256 g/mol. The number of rotatable bonds is 7. The van der Waals surface area contributed by atoms with Gasteiger partial charge in [-0.05, 0) is 6.42 Å². The Hall–Kier alpha value is -2.15. The fraction of sp³-hybridized carbons (Fsp3) is 0.462. The minimum Gasteiger partial charge on any atom is -0.377 e. The lowest BCUT2D eigenvalue weighted by Crippen LogP contribution is -2.07. The number of nitrogens with zero attached hydrogens (tertiary/aromatic N) is 4. The summed E-state index contributed by atoms with van der Waals surface area (Å²) in [5.74, 6) is 2.15. The number of aromatic nitrogens is 4. The van der Waals surface area contributed by atoms with Crippen LogP contribution in [0.25, 0.3) is 0 Å². The fourth-order valence-corrected chi connectivity index (χ4v) is 1.73. The molecule has 2 N–H and O–H groups in total. The molecule has 2 aromatic heterocycles. The van der Waals surface area contributed by atoms with Crippen molar-refractivity contribution in [3.8, 4) is 0 Å². The van der Waals surface area contributed by atoms with Gasteiger partial charge in [-0.1, -0.05) is 6.92 Å². The molecule has 20 heavy (non-hydrogen) atoms. The second-order valence-corrected chi connectivity index (χ2v) is 4.44. The Balaban J connectivity index is 2.18. The molecule has 0 atom stereocenters. The van der Waals surface area contributed by atoms with Gasteiger partial charge in [0.2, 0.25) is 0 Å². The van der Waals surface area contributed by atoms with Gasteiger partial charge in [0, 0.05) is 33.0 Å². The average molecular weight is 276 g/mol. The lowest BCUT2D eigenvalue weighted by molar-refractivity contribution is 0.178. The second-order valence-electron chi connectivity index (χ2n) is 4.44. The van der Waals surface area contributed by atoms with Crippen LogP contribution in [-0.4, -0.2) is 33.4 Å². The zero-order valence-corrected chi connectivity index (χ0v) is 12.1. The second kappa shape index (κ2) is 6.85. The molecule has 0 aliphatic rings. The molecule has 0 spiro atoms. The highest BCUT2D eigenvalue weighted by molar-refractivity contribution is 5.57. The quantitative estimate of drug-likeness (QED) is 0.804. The molecule has 7 nitrogen and oxygen atoms in total. The first-order valence-corrected chi connectivity index (χ1v) is 6.57. The molecule has 0 bridgehead atoms. The Labute approximate surface area is 118 Å². The van der Waals surface area contributed by atoms with Crippen LogP contribution in [0.1, 0.15) is 19.2 Å². The maximum atomic E-state index is 5.10. The van der Waals surface area contributed by atoms with Gasteiger partial charge in [0.15, 0.2) is 5.82 Å². The van der Waals surface area contributed by atoms with Crippen molar-refractivity contribution in [2.45, 2.75) is 20.0 Å². The van der Waals surface area contributed by atoms with Gasteiger partial charge in [0.25, 0.3) is 0 Å². The molecule has 0 fully saturated rings. The van der Waals surface area contributed by atoms with Crippen molar-refractivity contribution in [3.63, 3.8) is 0 Å². The summed E-state index contributed by atoms with van der Waals surface area (Å²) in [7, 11) is 3.50. The third-order valence-corrected chi connectivity index (χ3v) is 2.58. The van der Waals surface area contributed by atoms with Crippen LogP contribution in [0.3, 0.4) is 0 Å². The van der Waals surface area contributed by atoms with E-state index < -0.39 is 0 Å². The molecule has 0 aliphatic carbocycles. The summed E-state index contributed by atoms with van der Waals surface area (Å²) in [6.45, 7) is 3.36. The van der Waals surface area contributed by atoms with Crippen molar-refractivity contribution in [2.75, 3.05) is 24.3 Å². The molecule has 0 radical (unpaired) electrons. The number of nitrogens with one attached hydrogen (secondary N) is 2. The molecule has 0 amide bonds. The summed E-state index contributed by atoms with van der Waals surface area (Å²) in [5, 5.41) is 10.6. The topological polar surface area (TPSA) is 76.9 Å². The Morgan fingerprint density at radius 3 is 2.75 bits per heavy atom. The monoisotopic (exact) mass is 276 g/mol. The third-order valence-electron chi connectivity index (χ3n) is 2.58. The molecule has 2 aromatic rings. The van der Waals surface area contributed by atoms with Crippen molar-refractivity contribution in [1.82, 2.24) is 19.7 Å². The van der Waals surface area contributed by atoms with Gasteiger partial charge in [-0.3, -0.25) is 4.68 Å². The Bertz CT molecular complexity index is 554. The van der Waals surface area contributed by atoms with Crippen LogP contribution >= 0.6 is 0 Å². The third kappa shape index (κ3) is 3.92. The van der Waals surface area contributed by atoms with E-state index in [4.69, 9.17) is 4.74 Å². The highest BCUT2D eigenvalue weighted by atomic mass is 16.5. The zero-order valence-electron chi connectivity index (χ0n) is 12.1. The van der Waals surface area contributed by atoms with Crippen LogP contribution in [0.15, 0.2) is 18.5 Å². The van der Waals surface area contributed by atoms with E-state index in [1.54, 1.807) is 18.0 Å². The molecule has 2 rings (SSSR count). The molecule has 0 unspecified atom stereocenters. The standard InChI is InChI=1S/C13H20N6O/c1-4-5-14-11-6-12(18-13(17-11)9-20-3)16-10-7-15-19(2)8-10/h6-8H,4-5,9H2,1-3H3,(H2,14,16,17,18). The summed E-state index contributed by atoms with van der Waals surface area (Å²) in [6, 6.07) is 1.88. The molecule has 0 aliphatic heterocycles. The van der Waals surface area contributed by atoms with Crippen LogP contribution in [-0.2, 0) is 18.4 Å². The van der Waals surface area contributed by atoms with E-state index in [0.717, 1.165) is 30.3 Å². The number of hydrogen-bond donors (Lipinski definition) is 2. The lowest BCUT2D eigenvalue weighted by Gasteiger charge is -2.09. The molecule has 0 saturated carbocycles. The SMILES string of the molecule is CCCNc1cc(Nc2cnn(C)c2)nc(COC)n1. The van der Waals surface area contributed by atoms with Gasteiger partial charge in [-0.25, -0.2) is 9.97 Å². The van der Waals surface area contributed by atoms with Crippen LogP contribution in [0.5, 0.6) is 0 Å². The molecular formula is C13H20N6O. The van der Waals surface area contributed by atoms with E-state index in [0.29, 0.717) is 12.4 Å². The normalized spacial score (nSPS) is 10.6. The lowest BCUT2D eigenvalue weighted by atomic mass is 10.4. The number of ether oxygens (including phenoxy) is 1. The van der Waals surface area contributed by atoms with E-state index in [-0.39, 0.29) is 0 Å². The Kier molecular flexibility index (Phi) is 4.89. The van der Waals surface area contributed by atoms with Crippen LogP contribution in [0, 0.1) is 0 Å². The van der Waals surface area contributed by atoms with Gasteiger partial charge in [-0.15, -0.1) is 0 Å². The predicted molar refractivity (Wildman–Crippen MR) is 78.0 cm³/mol. The van der Waals surface area contributed by atoms with Gasteiger partial charge < -0.3 is 15.4 Å². The maximum Gasteiger partial charge on any atom is 0.158 e. The summed E-state index contributed by atoms with van der Waals surface area (Å²) in [6.07, 6.45) is 4.67. The highest BCUT2D eigenvalue weighted by Crippen LogP contribution is 2.17. The number of hydrogen-bond acceptors (Lipinski definition) is 6. The fourth-order valence-electron chi connectivity index (χ4n) is 1.73. The van der Waals surface area contributed by atoms with Crippen molar-refractivity contribution in [3.05, 3.63) is 24.3 Å². The van der Waals surface area contributed by atoms with E-state index in [1.807, 2.05) is 19.3 Å². The van der Waals surface area contributed by atoms with Crippen LogP contribution in [0.2, 0.25) is 0 Å². The number of anilines is 3. The zero-order chi connectivity index (χ0) is 14.4. The predicted octanol–water partition coefficient (Wildman–Crippen LogP) is 1.92. The average Bonchev–Trinajstić information content (AvgIpc) is 2.82. The van der Waals surface area contributed by atoms with Gasteiger partial charge in [0.1, 0.15) is 18.2 Å². The Morgan fingerprint density at radius 1 is 1.30 bits per heavy atom. The molecule has 7 heteroatoms. The van der Waals surface area contributed by atoms with Crippen molar-refractivity contribution in [2.24, 2.45) is 7.05 Å². The van der Waals surface area contributed by atoms with Crippen LogP contribution < -0.4 is 10.6 Å². The van der Waals surface area contributed by atoms with Crippen LogP contribution in [0.4, 0.5) is 17.3 Å². The molecule has 0 aromatic carbocycles. The number of aryl methyl sites for hydroxylation is 1. The van der Waals surface area contributed by atoms with Crippen molar-refractivity contribution in [1.29, 1.82) is 0 Å². The first-order chi connectivity index (χ1) is 9.71. The minimum absolute atomic E-state index is 0.378. The van der Waals surface area contributed by atoms with Gasteiger partial charge in [0.05, 0.1) is 11.9 Å². The summed E-state index contributed by atoms with van der Waals surface area (Å²) in [4.78, 5) is 8.81. The summed E-state index contributed by atoms with van der Waals surface area (Å²) >= 11 is 0. The van der Waals surface area contributed by atoms with E-state index in [2.05, 4.69) is 32.6 Å². The first kappa shape index (κ1) is 14.3. The molecule has 108 valence electrons. The highest BCUT2D eigenvalue weighted by Gasteiger charge is 2.05. The van der Waals surface area contributed by atoms with Crippen molar-refractivity contribution < 1.29 is 4.74 Å². The molecule has 2 heterocycles.